The van der Waals surface area contributed by atoms with Crippen molar-refractivity contribution in [2.24, 2.45) is 11.8 Å². The molecule has 4 rings (SSSR count). The summed E-state index contributed by atoms with van der Waals surface area (Å²) in [5.41, 5.74) is 0.736. The Hall–Kier alpha value is -2.78. The molecule has 3 saturated heterocycles. The molecular weight excluding hydrogens is 562 g/mol. The Morgan fingerprint density at radius 1 is 1.14 bits per heavy atom. The van der Waals surface area contributed by atoms with Crippen molar-refractivity contribution < 1.29 is 24.2 Å². The lowest BCUT2D eigenvalue weighted by atomic mass is 9.70. The number of rotatable bonds is 17. The van der Waals surface area contributed by atoms with Crippen molar-refractivity contribution in [1.29, 1.82) is 0 Å². The van der Waals surface area contributed by atoms with Gasteiger partial charge in [0, 0.05) is 43.2 Å². The number of carbonyl (C=O) groups excluding carboxylic acids is 3. The van der Waals surface area contributed by atoms with Gasteiger partial charge in [0.05, 0.1) is 23.2 Å². The second kappa shape index (κ2) is 14.8. The Morgan fingerprint density at radius 2 is 1.86 bits per heavy atom. The van der Waals surface area contributed by atoms with Gasteiger partial charge in [-0.2, -0.15) is 0 Å². The summed E-state index contributed by atoms with van der Waals surface area (Å²) in [5.74, 6) is -0.541. The van der Waals surface area contributed by atoms with E-state index in [9.17, 15) is 19.5 Å². The van der Waals surface area contributed by atoms with E-state index in [-0.39, 0.29) is 35.6 Å². The van der Waals surface area contributed by atoms with E-state index in [1.807, 2.05) is 36.1 Å². The van der Waals surface area contributed by atoms with Gasteiger partial charge in [-0.25, -0.2) is 0 Å². The topological polar surface area (TPSA) is 90.4 Å². The highest BCUT2D eigenvalue weighted by atomic mass is 32.2. The molecule has 1 spiro atoms. The summed E-state index contributed by atoms with van der Waals surface area (Å²) in [4.78, 5) is 48.9. The predicted molar refractivity (Wildman–Crippen MR) is 173 cm³/mol. The molecule has 1 aromatic rings. The molecule has 9 heteroatoms. The molecule has 0 radical (unpaired) electrons. The molecule has 0 saturated carbocycles. The molecule has 0 aromatic heterocycles. The SMILES string of the molecule is C=CCN(C(=O)[C@@H]1[C@H]2C(=O)N(CCCCCO)C(C(=O)N(CC=C)C(C)CCC)C23CC[C@H]1S3)c1ccc(OCC)cc1. The van der Waals surface area contributed by atoms with E-state index in [1.54, 1.807) is 33.7 Å². The first-order chi connectivity index (χ1) is 20.8. The van der Waals surface area contributed by atoms with Crippen LogP contribution in [0.3, 0.4) is 0 Å². The summed E-state index contributed by atoms with van der Waals surface area (Å²) in [6.45, 7) is 15.8. The molecule has 3 unspecified atom stereocenters. The average Bonchev–Trinajstić information content (AvgIpc) is 3.64. The van der Waals surface area contributed by atoms with E-state index in [4.69, 9.17) is 4.74 Å². The smallest absolute Gasteiger partial charge is 0.247 e. The van der Waals surface area contributed by atoms with Crippen molar-refractivity contribution in [3.63, 3.8) is 0 Å². The highest BCUT2D eigenvalue weighted by Gasteiger charge is 2.74. The molecule has 3 amide bonds. The molecule has 8 nitrogen and oxygen atoms in total. The van der Waals surface area contributed by atoms with Gasteiger partial charge in [0.1, 0.15) is 11.8 Å². The first-order valence-electron chi connectivity index (χ1n) is 15.9. The van der Waals surface area contributed by atoms with E-state index < -0.39 is 22.6 Å². The number of fused-ring (bicyclic) bond motifs is 1. The van der Waals surface area contributed by atoms with Gasteiger partial charge in [-0.15, -0.1) is 24.9 Å². The van der Waals surface area contributed by atoms with E-state index >= 15 is 0 Å². The standard InChI is InChI=1S/C34H49N3O5S/c1-6-13-24(5)35(20-7-2)33(41)30-34-19-18-27(43-34)28(29(34)32(40)37(30)22-11-10-12-23-38)31(39)36(21-8-3)25-14-16-26(17-15-25)42-9-4/h7-8,14-17,24,27-30,38H,2-3,6,9-13,18-23H2,1,4-5H3/t24?,27-,28+,29+,30?,34?/m1/s1. The quantitative estimate of drug-likeness (QED) is 0.196. The van der Waals surface area contributed by atoms with Crippen LogP contribution in [0.1, 0.15) is 65.7 Å². The number of unbranched alkanes of at least 4 members (excludes halogenated alkanes) is 2. The zero-order valence-electron chi connectivity index (χ0n) is 26.1. The second-order valence-electron chi connectivity index (χ2n) is 12.0. The van der Waals surface area contributed by atoms with Crippen LogP contribution in [0.2, 0.25) is 0 Å². The fourth-order valence-electron chi connectivity index (χ4n) is 7.40. The highest BCUT2D eigenvalue weighted by Crippen LogP contribution is 2.66. The minimum absolute atomic E-state index is 0.0149. The van der Waals surface area contributed by atoms with Crippen LogP contribution >= 0.6 is 11.8 Å². The molecule has 3 heterocycles. The first kappa shape index (κ1) is 33.1. The molecule has 1 aromatic carbocycles. The van der Waals surface area contributed by atoms with E-state index in [0.29, 0.717) is 39.1 Å². The van der Waals surface area contributed by atoms with Crippen LogP contribution in [0.15, 0.2) is 49.6 Å². The Labute approximate surface area is 261 Å². The third-order valence-corrected chi connectivity index (χ3v) is 11.2. The number of carbonyl (C=O) groups is 3. The third-order valence-electron chi connectivity index (χ3n) is 9.26. The number of likely N-dealkylation sites (tertiary alicyclic amines) is 1. The number of hydrogen-bond donors (Lipinski definition) is 1. The average molecular weight is 612 g/mol. The van der Waals surface area contributed by atoms with Gasteiger partial charge in [0.15, 0.2) is 0 Å². The van der Waals surface area contributed by atoms with Crippen molar-refractivity contribution >= 4 is 35.2 Å². The Morgan fingerprint density at radius 3 is 2.49 bits per heavy atom. The van der Waals surface area contributed by atoms with Gasteiger partial charge < -0.3 is 24.5 Å². The summed E-state index contributed by atoms with van der Waals surface area (Å²) in [7, 11) is 0. The van der Waals surface area contributed by atoms with Crippen LogP contribution < -0.4 is 9.64 Å². The number of aliphatic hydroxyl groups excluding tert-OH is 1. The molecule has 43 heavy (non-hydrogen) atoms. The summed E-state index contributed by atoms with van der Waals surface area (Å²) in [6, 6.07) is 6.86. The molecule has 6 atom stereocenters. The Bertz CT molecular complexity index is 1160. The number of ether oxygens (including phenoxy) is 1. The van der Waals surface area contributed by atoms with Crippen molar-refractivity contribution in [3.8, 4) is 5.75 Å². The second-order valence-corrected chi connectivity index (χ2v) is 13.6. The monoisotopic (exact) mass is 611 g/mol. The van der Waals surface area contributed by atoms with Gasteiger partial charge in [-0.1, -0.05) is 25.5 Å². The molecule has 3 fully saturated rings. The fourth-order valence-corrected chi connectivity index (χ4v) is 9.61. The molecule has 2 bridgehead atoms. The maximum atomic E-state index is 14.6. The maximum Gasteiger partial charge on any atom is 0.247 e. The summed E-state index contributed by atoms with van der Waals surface area (Å²) < 4.78 is 4.96. The number of nitrogens with zero attached hydrogens (tertiary/aromatic N) is 3. The molecule has 3 aliphatic rings. The van der Waals surface area contributed by atoms with Gasteiger partial charge in [0.25, 0.3) is 0 Å². The fraction of sp³-hybridized carbons (Fsp3) is 0.618. The lowest BCUT2D eigenvalue weighted by molar-refractivity contribution is -0.143. The summed E-state index contributed by atoms with van der Waals surface area (Å²) in [5, 5.41) is 9.30. The predicted octanol–water partition coefficient (Wildman–Crippen LogP) is 5.06. The van der Waals surface area contributed by atoms with Crippen LogP contribution in [0, 0.1) is 11.8 Å². The van der Waals surface area contributed by atoms with Crippen molar-refractivity contribution in [3.05, 3.63) is 49.6 Å². The molecule has 0 aliphatic carbocycles. The molecule has 236 valence electrons. The lowest BCUT2D eigenvalue weighted by Crippen LogP contribution is -2.56. The molecule has 1 N–H and O–H groups in total. The van der Waals surface area contributed by atoms with Gasteiger partial charge in [-0.3, -0.25) is 14.4 Å². The van der Waals surface area contributed by atoms with Crippen LogP contribution in [0.4, 0.5) is 5.69 Å². The van der Waals surface area contributed by atoms with Crippen LogP contribution in [-0.4, -0.2) is 87.6 Å². The summed E-state index contributed by atoms with van der Waals surface area (Å²) in [6.07, 6.45) is 8.94. The van der Waals surface area contributed by atoms with E-state index in [0.717, 1.165) is 43.5 Å². The van der Waals surface area contributed by atoms with E-state index in [2.05, 4.69) is 27.0 Å². The normalized spacial score (nSPS) is 26.2. The lowest BCUT2D eigenvalue weighted by Gasteiger charge is -2.39. The largest absolute Gasteiger partial charge is 0.494 e. The van der Waals surface area contributed by atoms with Gasteiger partial charge in [0.2, 0.25) is 17.7 Å². The summed E-state index contributed by atoms with van der Waals surface area (Å²) >= 11 is 1.70. The van der Waals surface area contributed by atoms with Crippen LogP contribution in [0.5, 0.6) is 5.75 Å². The first-order valence-corrected chi connectivity index (χ1v) is 16.8. The minimum atomic E-state index is -0.639. The number of benzene rings is 1. The number of thioether (sulfide) groups is 1. The number of hydrogen-bond acceptors (Lipinski definition) is 6. The van der Waals surface area contributed by atoms with Gasteiger partial charge >= 0.3 is 0 Å². The van der Waals surface area contributed by atoms with Crippen molar-refractivity contribution in [2.45, 2.75) is 87.8 Å². The van der Waals surface area contributed by atoms with Crippen molar-refractivity contribution in [1.82, 2.24) is 9.80 Å². The van der Waals surface area contributed by atoms with Gasteiger partial charge in [-0.05, 0) is 76.6 Å². The Kier molecular flexibility index (Phi) is 11.4. The number of amides is 3. The zero-order valence-corrected chi connectivity index (χ0v) is 26.9. The van der Waals surface area contributed by atoms with E-state index in [1.165, 1.54) is 0 Å². The van der Waals surface area contributed by atoms with Crippen LogP contribution in [-0.2, 0) is 14.4 Å². The maximum absolute atomic E-state index is 14.6. The van der Waals surface area contributed by atoms with Crippen molar-refractivity contribution in [2.75, 3.05) is 37.7 Å². The minimum Gasteiger partial charge on any atom is -0.494 e. The highest BCUT2D eigenvalue weighted by molar-refractivity contribution is 8.02. The van der Waals surface area contributed by atoms with Crippen LogP contribution in [0.25, 0.3) is 0 Å². The number of anilines is 1. The molecular formula is C34H49N3O5S. The zero-order chi connectivity index (χ0) is 31.1. The number of aliphatic hydroxyl groups is 1. The Balaban J connectivity index is 1.70. The third kappa shape index (κ3) is 6.39. The molecule has 3 aliphatic heterocycles.